The van der Waals surface area contributed by atoms with Crippen LogP contribution in [0.25, 0.3) is 22.0 Å². The molecule has 0 radical (unpaired) electrons. The second kappa shape index (κ2) is 9.42. The van der Waals surface area contributed by atoms with Crippen LogP contribution in [0.15, 0.2) is 48.8 Å². The zero-order valence-electron chi connectivity index (χ0n) is 19.1. The summed E-state index contributed by atoms with van der Waals surface area (Å²) in [4.78, 5) is 19.3. The summed E-state index contributed by atoms with van der Waals surface area (Å²) in [5.41, 5.74) is 2.52. The summed E-state index contributed by atoms with van der Waals surface area (Å²) < 4.78 is 35.2. The van der Waals surface area contributed by atoms with E-state index in [4.69, 9.17) is 4.74 Å². The quantitative estimate of drug-likeness (QED) is 0.386. The predicted octanol–water partition coefficient (Wildman–Crippen LogP) is 4.60. The molecule has 0 bridgehead atoms. The molecule has 7 nitrogen and oxygen atoms in total. The number of pyridine rings is 1. The van der Waals surface area contributed by atoms with Crippen molar-refractivity contribution in [2.45, 2.75) is 39.0 Å². The Morgan fingerprint density at radius 2 is 2.06 bits per heavy atom. The normalized spacial score (nSPS) is 13.3. The molecular formula is C26H24F2N4O3. The van der Waals surface area contributed by atoms with Crippen LogP contribution in [-0.4, -0.2) is 43.7 Å². The smallest absolute Gasteiger partial charge is 0.254 e. The first-order valence-electron chi connectivity index (χ1n) is 11.4. The number of carbonyl (C=O) groups is 1. The SMILES string of the molecule is CCN(Cc1cnc(CO)c2cn[nH]c12)C(=O)c1cc(F)c(-c2cccc(F)c2)c(OC2CC2)c1. The minimum absolute atomic E-state index is 0.0425. The van der Waals surface area contributed by atoms with Gasteiger partial charge in [0.05, 0.1) is 35.7 Å². The number of nitrogens with one attached hydrogen (secondary N) is 1. The van der Waals surface area contributed by atoms with Crippen molar-refractivity contribution in [2.24, 2.45) is 0 Å². The molecule has 0 atom stereocenters. The standard InChI is InChI=1S/C26H24F2N4O3/c1-2-32(13-17-11-29-22(14-33)20-12-30-31-25(17)20)26(34)16-9-21(28)24(15-4-3-5-18(27)8-15)23(10-16)35-19-6-7-19/h3-5,8-12,19,33H,2,6-7,13-14H2,1H3,(H,30,31). The Morgan fingerprint density at radius 1 is 1.23 bits per heavy atom. The summed E-state index contributed by atoms with van der Waals surface area (Å²) in [6.45, 7) is 2.17. The molecule has 0 aliphatic heterocycles. The van der Waals surface area contributed by atoms with Crippen molar-refractivity contribution in [3.05, 3.63) is 77.2 Å². The lowest BCUT2D eigenvalue weighted by Gasteiger charge is -2.22. The largest absolute Gasteiger partial charge is 0.490 e. The molecule has 2 aromatic heterocycles. The van der Waals surface area contributed by atoms with Crippen LogP contribution in [-0.2, 0) is 13.2 Å². The molecule has 9 heteroatoms. The highest BCUT2D eigenvalue weighted by molar-refractivity contribution is 5.96. The fourth-order valence-corrected chi connectivity index (χ4v) is 4.09. The van der Waals surface area contributed by atoms with Gasteiger partial charge in [0.1, 0.15) is 17.4 Å². The molecule has 35 heavy (non-hydrogen) atoms. The fourth-order valence-electron chi connectivity index (χ4n) is 4.09. The van der Waals surface area contributed by atoms with Crippen LogP contribution in [0.5, 0.6) is 5.75 Å². The number of carbonyl (C=O) groups excluding carboxylic acids is 1. The van der Waals surface area contributed by atoms with Crippen molar-refractivity contribution >= 4 is 16.8 Å². The maximum absolute atomic E-state index is 15.4. The molecule has 5 rings (SSSR count). The lowest BCUT2D eigenvalue weighted by molar-refractivity contribution is 0.0752. The van der Waals surface area contributed by atoms with Crippen molar-refractivity contribution in [2.75, 3.05) is 6.54 Å². The third-order valence-electron chi connectivity index (χ3n) is 6.06. The minimum atomic E-state index is -0.655. The number of ether oxygens (including phenoxy) is 1. The fraction of sp³-hybridized carbons (Fsp3) is 0.269. The van der Waals surface area contributed by atoms with E-state index in [1.807, 2.05) is 6.92 Å². The lowest BCUT2D eigenvalue weighted by Crippen LogP contribution is -2.30. The number of aliphatic hydroxyl groups is 1. The Hall–Kier alpha value is -3.85. The van der Waals surface area contributed by atoms with Gasteiger partial charge in [0.2, 0.25) is 0 Å². The molecule has 2 aromatic carbocycles. The van der Waals surface area contributed by atoms with E-state index in [0.29, 0.717) is 28.7 Å². The Morgan fingerprint density at radius 3 is 2.77 bits per heavy atom. The van der Waals surface area contributed by atoms with Gasteiger partial charge in [0.25, 0.3) is 5.91 Å². The Balaban J connectivity index is 1.49. The van der Waals surface area contributed by atoms with Gasteiger partial charge in [0.15, 0.2) is 0 Å². The highest BCUT2D eigenvalue weighted by Gasteiger charge is 2.28. The molecule has 2 N–H and O–H groups in total. The van der Waals surface area contributed by atoms with Crippen LogP contribution in [0.1, 0.15) is 41.4 Å². The maximum atomic E-state index is 15.4. The first-order valence-corrected chi connectivity index (χ1v) is 11.4. The molecule has 180 valence electrons. The number of rotatable bonds is 8. The van der Waals surface area contributed by atoms with Gasteiger partial charge in [-0.05, 0) is 49.6 Å². The van der Waals surface area contributed by atoms with E-state index >= 15 is 4.39 Å². The predicted molar refractivity (Wildman–Crippen MR) is 126 cm³/mol. The van der Waals surface area contributed by atoms with Crippen molar-refractivity contribution in [3.63, 3.8) is 0 Å². The second-order valence-electron chi connectivity index (χ2n) is 8.53. The third kappa shape index (κ3) is 4.59. The maximum Gasteiger partial charge on any atom is 0.254 e. The molecule has 1 saturated carbocycles. The Labute approximate surface area is 200 Å². The van der Waals surface area contributed by atoms with Gasteiger partial charge >= 0.3 is 0 Å². The molecule has 1 aliphatic rings. The Kier molecular flexibility index (Phi) is 6.17. The zero-order valence-corrected chi connectivity index (χ0v) is 19.1. The van der Waals surface area contributed by atoms with E-state index < -0.39 is 11.6 Å². The lowest BCUT2D eigenvalue weighted by atomic mass is 10.0. The van der Waals surface area contributed by atoms with E-state index in [1.54, 1.807) is 23.4 Å². The molecule has 0 spiro atoms. The molecule has 0 unspecified atom stereocenters. The first kappa shape index (κ1) is 22.9. The molecule has 1 aliphatic carbocycles. The van der Waals surface area contributed by atoms with E-state index in [2.05, 4.69) is 15.2 Å². The van der Waals surface area contributed by atoms with E-state index in [0.717, 1.165) is 18.4 Å². The summed E-state index contributed by atoms with van der Waals surface area (Å²) >= 11 is 0. The van der Waals surface area contributed by atoms with Crippen molar-refractivity contribution in [3.8, 4) is 16.9 Å². The number of hydrogen-bond acceptors (Lipinski definition) is 5. The molecule has 4 aromatic rings. The summed E-state index contributed by atoms with van der Waals surface area (Å²) in [6, 6.07) is 8.36. The van der Waals surface area contributed by atoms with E-state index in [-0.39, 0.29) is 42.0 Å². The van der Waals surface area contributed by atoms with Crippen molar-refractivity contribution < 1.29 is 23.4 Å². The molecular weight excluding hydrogens is 454 g/mol. The number of halogens is 2. The van der Waals surface area contributed by atoms with Gasteiger partial charge in [-0.15, -0.1) is 0 Å². The average molecular weight is 478 g/mol. The summed E-state index contributed by atoms with van der Waals surface area (Å²) in [5, 5.41) is 17.1. The van der Waals surface area contributed by atoms with Crippen LogP contribution in [0.2, 0.25) is 0 Å². The monoisotopic (exact) mass is 478 g/mol. The zero-order chi connectivity index (χ0) is 24.5. The number of fused-ring (bicyclic) bond motifs is 1. The summed E-state index contributed by atoms with van der Waals surface area (Å²) in [6.07, 6.45) is 4.83. The number of aliphatic hydroxyl groups excluding tert-OH is 1. The highest BCUT2D eigenvalue weighted by atomic mass is 19.1. The number of amides is 1. The molecule has 0 saturated heterocycles. The van der Waals surface area contributed by atoms with Gasteiger partial charge in [-0.1, -0.05) is 12.1 Å². The summed E-state index contributed by atoms with van der Waals surface area (Å²) in [7, 11) is 0. The molecule has 1 amide bonds. The van der Waals surface area contributed by atoms with E-state index in [9.17, 15) is 14.3 Å². The van der Waals surface area contributed by atoms with Crippen LogP contribution < -0.4 is 4.74 Å². The number of benzene rings is 2. The topological polar surface area (TPSA) is 91.3 Å². The number of aromatic nitrogens is 3. The number of nitrogens with zero attached hydrogens (tertiary/aromatic N) is 3. The van der Waals surface area contributed by atoms with E-state index in [1.165, 1.54) is 30.3 Å². The van der Waals surface area contributed by atoms with Crippen LogP contribution >= 0.6 is 0 Å². The molecule has 2 heterocycles. The van der Waals surface area contributed by atoms with Crippen LogP contribution in [0, 0.1) is 11.6 Å². The Bertz CT molecular complexity index is 1400. The first-order chi connectivity index (χ1) is 17.0. The van der Waals surface area contributed by atoms with Crippen LogP contribution in [0.3, 0.4) is 0 Å². The minimum Gasteiger partial charge on any atom is -0.490 e. The number of aromatic amines is 1. The van der Waals surface area contributed by atoms with Crippen molar-refractivity contribution in [1.29, 1.82) is 0 Å². The second-order valence-corrected chi connectivity index (χ2v) is 8.53. The van der Waals surface area contributed by atoms with Gasteiger partial charge in [0, 0.05) is 35.8 Å². The van der Waals surface area contributed by atoms with Gasteiger partial charge in [-0.3, -0.25) is 14.9 Å². The number of H-pyrrole nitrogens is 1. The highest BCUT2D eigenvalue weighted by Crippen LogP contribution is 2.38. The number of hydrogen-bond donors (Lipinski definition) is 2. The molecule has 1 fully saturated rings. The third-order valence-corrected chi connectivity index (χ3v) is 6.06. The average Bonchev–Trinajstić information content (AvgIpc) is 3.52. The van der Waals surface area contributed by atoms with Gasteiger partial charge in [-0.25, -0.2) is 8.78 Å². The van der Waals surface area contributed by atoms with Gasteiger partial charge in [-0.2, -0.15) is 5.10 Å². The van der Waals surface area contributed by atoms with Gasteiger partial charge < -0.3 is 14.7 Å². The van der Waals surface area contributed by atoms with Crippen LogP contribution in [0.4, 0.5) is 8.78 Å². The summed E-state index contributed by atoms with van der Waals surface area (Å²) in [5.74, 6) is -1.29. The van der Waals surface area contributed by atoms with Crippen molar-refractivity contribution in [1.82, 2.24) is 20.1 Å².